The standard InChI is InChI=1S/C10H15N3OS/c11-10-12-3-9(15-10)6-13-4-7-1-2-8(5-13)14-7/h3,7-8H,1-2,4-6H2,(H2,11,12). The van der Waals surface area contributed by atoms with Gasteiger partial charge in [0.05, 0.1) is 12.2 Å². The lowest BCUT2D eigenvalue weighted by atomic mass is 10.2. The van der Waals surface area contributed by atoms with Crippen LogP contribution >= 0.6 is 11.3 Å². The smallest absolute Gasteiger partial charge is 0.180 e. The van der Waals surface area contributed by atoms with Gasteiger partial charge >= 0.3 is 0 Å². The first-order valence-corrected chi connectivity index (χ1v) is 6.19. The summed E-state index contributed by atoms with van der Waals surface area (Å²) in [6.45, 7) is 3.10. The third-order valence-corrected chi connectivity index (χ3v) is 3.88. The monoisotopic (exact) mass is 225 g/mol. The molecular formula is C10H15N3OS. The zero-order chi connectivity index (χ0) is 10.3. The maximum atomic E-state index is 5.79. The SMILES string of the molecule is Nc1ncc(CN2CC3CCC(C2)O3)s1. The summed E-state index contributed by atoms with van der Waals surface area (Å²) < 4.78 is 5.79. The summed E-state index contributed by atoms with van der Waals surface area (Å²) in [5, 5.41) is 0.668. The number of ether oxygens (including phenoxy) is 1. The van der Waals surface area contributed by atoms with Crippen LogP contribution in [0.4, 0.5) is 5.13 Å². The van der Waals surface area contributed by atoms with Crippen molar-refractivity contribution in [1.29, 1.82) is 0 Å². The van der Waals surface area contributed by atoms with Crippen molar-refractivity contribution in [3.63, 3.8) is 0 Å². The van der Waals surface area contributed by atoms with Gasteiger partial charge < -0.3 is 10.5 Å². The zero-order valence-corrected chi connectivity index (χ0v) is 9.37. The third-order valence-electron chi connectivity index (χ3n) is 3.07. The number of hydrogen-bond donors (Lipinski definition) is 1. The summed E-state index contributed by atoms with van der Waals surface area (Å²) in [6, 6.07) is 0. The van der Waals surface area contributed by atoms with Crippen LogP contribution in [0.3, 0.4) is 0 Å². The van der Waals surface area contributed by atoms with Crippen molar-refractivity contribution in [3.8, 4) is 0 Å². The molecule has 2 N–H and O–H groups in total. The summed E-state index contributed by atoms with van der Waals surface area (Å²) in [7, 11) is 0. The normalized spacial score (nSPS) is 30.9. The van der Waals surface area contributed by atoms with Crippen LogP contribution in [0.15, 0.2) is 6.20 Å². The molecule has 15 heavy (non-hydrogen) atoms. The van der Waals surface area contributed by atoms with E-state index in [9.17, 15) is 0 Å². The predicted octanol–water partition coefficient (Wildman–Crippen LogP) is 1.09. The molecule has 1 aromatic heterocycles. The van der Waals surface area contributed by atoms with E-state index >= 15 is 0 Å². The minimum absolute atomic E-state index is 0.467. The van der Waals surface area contributed by atoms with E-state index in [2.05, 4.69) is 9.88 Å². The first-order chi connectivity index (χ1) is 7.29. The Hall–Kier alpha value is -0.650. The molecule has 2 atom stereocenters. The van der Waals surface area contributed by atoms with Crippen molar-refractivity contribution in [1.82, 2.24) is 9.88 Å². The Labute approximate surface area is 93.0 Å². The number of morpholine rings is 1. The maximum Gasteiger partial charge on any atom is 0.180 e. The first-order valence-electron chi connectivity index (χ1n) is 5.37. The molecule has 0 aromatic carbocycles. The minimum Gasteiger partial charge on any atom is -0.375 e. The molecule has 3 rings (SSSR count). The molecule has 3 heterocycles. The van der Waals surface area contributed by atoms with Crippen LogP contribution in [0.5, 0.6) is 0 Å². The fourth-order valence-electron chi connectivity index (χ4n) is 2.44. The van der Waals surface area contributed by atoms with Crippen LogP contribution in [-0.4, -0.2) is 35.2 Å². The molecule has 2 fully saturated rings. The fraction of sp³-hybridized carbons (Fsp3) is 0.700. The van der Waals surface area contributed by atoms with Crippen molar-refractivity contribution >= 4 is 16.5 Å². The quantitative estimate of drug-likeness (QED) is 0.818. The predicted molar refractivity (Wildman–Crippen MR) is 59.7 cm³/mol. The Morgan fingerprint density at radius 3 is 2.80 bits per heavy atom. The fourth-order valence-corrected chi connectivity index (χ4v) is 3.17. The highest BCUT2D eigenvalue weighted by Crippen LogP contribution is 2.28. The molecule has 0 aliphatic carbocycles. The van der Waals surface area contributed by atoms with Gasteiger partial charge in [0.25, 0.3) is 0 Å². The highest BCUT2D eigenvalue weighted by Gasteiger charge is 2.33. The number of nitrogens with zero attached hydrogens (tertiary/aromatic N) is 2. The Balaban J connectivity index is 1.64. The van der Waals surface area contributed by atoms with Gasteiger partial charge in [0, 0.05) is 30.7 Å². The summed E-state index contributed by atoms with van der Waals surface area (Å²) in [5.41, 5.74) is 5.61. The molecule has 0 radical (unpaired) electrons. The number of hydrogen-bond acceptors (Lipinski definition) is 5. The average Bonchev–Trinajstić information content (AvgIpc) is 2.74. The van der Waals surface area contributed by atoms with Crippen molar-refractivity contribution in [2.75, 3.05) is 18.8 Å². The van der Waals surface area contributed by atoms with Gasteiger partial charge in [0.2, 0.25) is 0 Å². The summed E-state index contributed by atoms with van der Waals surface area (Å²) in [6.07, 6.45) is 5.28. The topological polar surface area (TPSA) is 51.4 Å². The minimum atomic E-state index is 0.467. The van der Waals surface area contributed by atoms with Gasteiger partial charge in [0.15, 0.2) is 5.13 Å². The second-order valence-corrected chi connectivity index (χ2v) is 5.46. The van der Waals surface area contributed by atoms with Crippen LogP contribution in [0, 0.1) is 0 Å². The average molecular weight is 225 g/mol. The van der Waals surface area contributed by atoms with E-state index in [-0.39, 0.29) is 0 Å². The van der Waals surface area contributed by atoms with E-state index in [1.165, 1.54) is 17.7 Å². The van der Waals surface area contributed by atoms with Gasteiger partial charge in [-0.2, -0.15) is 0 Å². The van der Waals surface area contributed by atoms with Crippen molar-refractivity contribution in [3.05, 3.63) is 11.1 Å². The lowest BCUT2D eigenvalue weighted by Gasteiger charge is -2.31. The summed E-state index contributed by atoms with van der Waals surface area (Å²) in [5.74, 6) is 0. The van der Waals surface area contributed by atoms with Crippen LogP contribution < -0.4 is 5.73 Å². The molecule has 0 saturated carbocycles. The van der Waals surface area contributed by atoms with E-state index in [0.29, 0.717) is 17.3 Å². The van der Waals surface area contributed by atoms with E-state index in [1.54, 1.807) is 11.3 Å². The molecule has 82 valence electrons. The van der Waals surface area contributed by atoms with Crippen LogP contribution in [0.1, 0.15) is 17.7 Å². The van der Waals surface area contributed by atoms with Crippen LogP contribution in [0.2, 0.25) is 0 Å². The number of fused-ring (bicyclic) bond motifs is 2. The van der Waals surface area contributed by atoms with E-state index in [1.807, 2.05) is 6.20 Å². The first kappa shape index (κ1) is 9.57. The molecule has 2 aliphatic heterocycles. The molecule has 2 saturated heterocycles. The number of anilines is 1. The number of nitrogens with two attached hydrogens (primary N) is 1. The summed E-state index contributed by atoms with van der Waals surface area (Å²) >= 11 is 1.59. The molecule has 1 aromatic rings. The third kappa shape index (κ3) is 2.00. The molecule has 2 unspecified atom stereocenters. The van der Waals surface area contributed by atoms with Crippen LogP contribution in [0.25, 0.3) is 0 Å². The van der Waals surface area contributed by atoms with Gasteiger partial charge in [-0.1, -0.05) is 0 Å². The Kier molecular flexibility index (Phi) is 2.38. The number of nitrogen functional groups attached to an aromatic ring is 1. The van der Waals surface area contributed by atoms with E-state index in [4.69, 9.17) is 10.5 Å². The molecule has 5 heteroatoms. The largest absolute Gasteiger partial charge is 0.375 e. The zero-order valence-electron chi connectivity index (χ0n) is 8.56. The molecule has 2 aliphatic rings. The Bertz CT molecular complexity index is 342. The van der Waals surface area contributed by atoms with Gasteiger partial charge in [-0.05, 0) is 12.8 Å². The Morgan fingerprint density at radius 2 is 2.20 bits per heavy atom. The maximum absolute atomic E-state index is 5.79. The Morgan fingerprint density at radius 1 is 1.47 bits per heavy atom. The summed E-state index contributed by atoms with van der Waals surface area (Å²) in [4.78, 5) is 7.79. The highest BCUT2D eigenvalue weighted by molar-refractivity contribution is 7.15. The van der Waals surface area contributed by atoms with Gasteiger partial charge in [-0.3, -0.25) is 4.90 Å². The lowest BCUT2D eigenvalue weighted by molar-refractivity contribution is -0.0407. The van der Waals surface area contributed by atoms with Crippen molar-refractivity contribution < 1.29 is 4.74 Å². The molecular weight excluding hydrogens is 210 g/mol. The number of rotatable bonds is 2. The van der Waals surface area contributed by atoms with Crippen LogP contribution in [-0.2, 0) is 11.3 Å². The second kappa shape index (κ2) is 3.73. The van der Waals surface area contributed by atoms with E-state index < -0.39 is 0 Å². The number of thiazole rings is 1. The molecule has 0 spiro atoms. The molecule has 0 amide bonds. The number of aromatic nitrogens is 1. The van der Waals surface area contributed by atoms with Crippen molar-refractivity contribution in [2.24, 2.45) is 0 Å². The van der Waals surface area contributed by atoms with Crippen molar-refractivity contribution in [2.45, 2.75) is 31.6 Å². The molecule has 4 nitrogen and oxygen atoms in total. The van der Waals surface area contributed by atoms with Gasteiger partial charge in [-0.15, -0.1) is 11.3 Å². The molecule has 2 bridgehead atoms. The second-order valence-electron chi connectivity index (χ2n) is 4.32. The number of likely N-dealkylation sites (tertiary alicyclic amines) is 1. The lowest BCUT2D eigenvalue weighted by Crippen LogP contribution is -2.41. The van der Waals surface area contributed by atoms with Gasteiger partial charge in [-0.25, -0.2) is 4.98 Å². The van der Waals surface area contributed by atoms with E-state index in [0.717, 1.165) is 19.6 Å². The van der Waals surface area contributed by atoms with Gasteiger partial charge in [0.1, 0.15) is 0 Å². The highest BCUT2D eigenvalue weighted by atomic mass is 32.1.